The highest BCUT2D eigenvalue weighted by molar-refractivity contribution is 5.57. The third-order valence-electron chi connectivity index (χ3n) is 4.16. The van der Waals surface area contributed by atoms with Gasteiger partial charge in [0.2, 0.25) is 0 Å². The minimum atomic E-state index is -0.224. The van der Waals surface area contributed by atoms with E-state index in [0.29, 0.717) is 6.04 Å². The summed E-state index contributed by atoms with van der Waals surface area (Å²) in [5.74, 6) is 2.44. The first-order chi connectivity index (χ1) is 10.2. The predicted octanol–water partition coefficient (Wildman–Crippen LogP) is 4.75. The zero-order valence-corrected chi connectivity index (χ0v) is 12.4. The molecule has 0 spiro atoms. The van der Waals surface area contributed by atoms with Gasteiger partial charge in [0.25, 0.3) is 0 Å². The van der Waals surface area contributed by atoms with Gasteiger partial charge in [-0.2, -0.15) is 0 Å². The van der Waals surface area contributed by atoms with Crippen LogP contribution in [-0.2, 0) is 6.54 Å². The molecule has 1 atom stereocenters. The van der Waals surface area contributed by atoms with Crippen LogP contribution in [0.5, 0.6) is 0 Å². The SMILES string of the molecule is CCC(CC1CC1)NCc1ccc(-c2ccc(F)cc2)o1. The smallest absolute Gasteiger partial charge is 0.134 e. The molecule has 3 rings (SSSR count). The summed E-state index contributed by atoms with van der Waals surface area (Å²) in [6.07, 6.45) is 5.23. The van der Waals surface area contributed by atoms with Crippen molar-refractivity contribution in [2.24, 2.45) is 5.92 Å². The highest BCUT2D eigenvalue weighted by atomic mass is 19.1. The average Bonchev–Trinajstić information content (AvgIpc) is 3.19. The van der Waals surface area contributed by atoms with Crippen LogP contribution in [0.4, 0.5) is 4.39 Å². The molecule has 1 aliphatic rings. The Bertz CT molecular complexity index is 571. The number of hydrogen-bond donors (Lipinski definition) is 1. The molecule has 2 nitrogen and oxygen atoms in total. The first-order valence-electron chi connectivity index (χ1n) is 7.82. The normalized spacial score (nSPS) is 16.1. The molecule has 2 aromatic rings. The summed E-state index contributed by atoms with van der Waals surface area (Å²) in [5, 5.41) is 3.58. The van der Waals surface area contributed by atoms with Gasteiger partial charge >= 0.3 is 0 Å². The van der Waals surface area contributed by atoms with Gasteiger partial charge in [0, 0.05) is 11.6 Å². The zero-order chi connectivity index (χ0) is 14.7. The summed E-state index contributed by atoms with van der Waals surface area (Å²) >= 11 is 0. The van der Waals surface area contributed by atoms with E-state index in [0.717, 1.165) is 36.0 Å². The summed E-state index contributed by atoms with van der Waals surface area (Å²) in [6.45, 7) is 2.98. The lowest BCUT2D eigenvalue weighted by Gasteiger charge is -2.15. The predicted molar refractivity (Wildman–Crippen MR) is 82.4 cm³/mol. The summed E-state index contributed by atoms with van der Waals surface area (Å²) in [5.41, 5.74) is 0.910. The van der Waals surface area contributed by atoms with Crippen molar-refractivity contribution >= 4 is 0 Å². The fourth-order valence-electron chi connectivity index (χ4n) is 2.64. The minimum Gasteiger partial charge on any atom is -0.460 e. The van der Waals surface area contributed by atoms with Gasteiger partial charge in [-0.25, -0.2) is 4.39 Å². The Balaban J connectivity index is 1.57. The van der Waals surface area contributed by atoms with Gasteiger partial charge in [-0.15, -0.1) is 0 Å². The number of hydrogen-bond acceptors (Lipinski definition) is 2. The molecule has 1 saturated carbocycles. The van der Waals surface area contributed by atoms with Crippen molar-refractivity contribution in [1.82, 2.24) is 5.32 Å². The Morgan fingerprint density at radius 1 is 1.19 bits per heavy atom. The highest BCUT2D eigenvalue weighted by Crippen LogP contribution is 2.34. The third kappa shape index (κ3) is 3.94. The molecule has 1 N–H and O–H groups in total. The van der Waals surface area contributed by atoms with Gasteiger partial charge < -0.3 is 9.73 Å². The Morgan fingerprint density at radius 3 is 2.62 bits per heavy atom. The Hall–Kier alpha value is -1.61. The van der Waals surface area contributed by atoms with Crippen molar-refractivity contribution in [3.8, 4) is 11.3 Å². The Morgan fingerprint density at radius 2 is 1.95 bits per heavy atom. The quantitative estimate of drug-likeness (QED) is 0.794. The highest BCUT2D eigenvalue weighted by Gasteiger charge is 2.24. The first kappa shape index (κ1) is 14.3. The number of rotatable bonds is 7. The van der Waals surface area contributed by atoms with Gasteiger partial charge in [-0.1, -0.05) is 19.8 Å². The molecule has 0 saturated heterocycles. The van der Waals surface area contributed by atoms with Crippen molar-refractivity contribution in [2.75, 3.05) is 0 Å². The monoisotopic (exact) mass is 287 g/mol. The van der Waals surface area contributed by atoms with Gasteiger partial charge in [-0.05, 0) is 55.2 Å². The molecule has 1 aromatic carbocycles. The number of nitrogens with one attached hydrogen (secondary N) is 1. The number of halogens is 1. The van der Waals surface area contributed by atoms with E-state index in [1.807, 2.05) is 12.1 Å². The van der Waals surface area contributed by atoms with Crippen LogP contribution in [0.2, 0.25) is 0 Å². The van der Waals surface area contributed by atoms with E-state index in [2.05, 4.69) is 12.2 Å². The Labute approximate surface area is 125 Å². The second kappa shape index (κ2) is 6.44. The maximum absolute atomic E-state index is 12.9. The van der Waals surface area contributed by atoms with E-state index < -0.39 is 0 Å². The van der Waals surface area contributed by atoms with Crippen LogP contribution in [0.15, 0.2) is 40.8 Å². The lowest BCUT2D eigenvalue weighted by Crippen LogP contribution is -2.28. The lowest BCUT2D eigenvalue weighted by molar-refractivity contribution is 0.411. The first-order valence-corrected chi connectivity index (χ1v) is 7.82. The van der Waals surface area contributed by atoms with Crippen LogP contribution in [-0.4, -0.2) is 6.04 Å². The standard InChI is InChI=1S/C18H22FNO/c1-2-16(11-13-3-4-13)20-12-17-9-10-18(21-17)14-5-7-15(19)8-6-14/h5-10,13,16,20H,2-4,11-12H2,1H3. The summed E-state index contributed by atoms with van der Waals surface area (Å²) in [4.78, 5) is 0. The molecular weight excluding hydrogens is 265 g/mol. The topological polar surface area (TPSA) is 25.2 Å². The molecule has 112 valence electrons. The summed E-state index contributed by atoms with van der Waals surface area (Å²) < 4.78 is 18.8. The maximum atomic E-state index is 12.9. The van der Waals surface area contributed by atoms with E-state index in [-0.39, 0.29) is 5.82 Å². The molecule has 0 aliphatic heterocycles. The van der Waals surface area contributed by atoms with Gasteiger partial charge in [0.05, 0.1) is 6.54 Å². The van der Waals surface area contributed by atoms with Crippen LogP contribution >= 0.6 is 0 Å². The molecule has 21 heavy (non-hydrogen) atoms. The molecule has 1 aromatic heterocycles. The molecule has 1 heterocycles. The van der Waals surface area contributed by atoms with E-state index in [1.165, 1.54) is 31.4 Å². The van der Waals surface area contributed by atoms with Crippen molar-refractivity contribution in [2.45, 2.75) is 45.2 Å². The fourth-order valence-corrected chi connectivity index (χ4v) is 2.64. The van der Waals surface area contributed by atoms with Crippen LogP contribution in [0, 0.1) is 11.7 Å². The summed E-state index contributed by atoms with van der Waals surface area (Å²) in [6, 6.07) is 10.9. The molecule has 0 radical (unpaired) electrons. The van der Waals surface area contributed by atoms with Crippen molar-refractivity contribution < 1.29 is 8.81 Å². The fraction of sp³-hybridized carbons (Fsp3) is 0.444. The van der Waals surface area contributed by atoms with Gasteiger partial charge in [0.15, 0.2) is 0 Å². The average molecular weight is 287 g/mol. The molecule has 0 bridgehead atoms. The molecule has 0 amide bonds. The van der Waals surface area contributed by atoms with Crippen LogP contribution in [0.25, 0.3) is 11.3 Å². The maximum Gasteiger partial charge on any atom is 0.134 e. The number of furan rings is 1. The van der Waals surface area contributed by atoms with Crippen molar-refractivity contribution in [3.63, 3.8) is 0 Å². The molecular formula is C18H22FNO. The second-order valence-electron chi connectivity index (χ2n) is 5.94. The largest absolute Gasteiger partial charge is 0.460 e. The molecule has 1 unspecified atom stereocenters. The van der Waals surface area contributed by atoms with Crippen molar-refractivity contribution in [1.29, 1.82) is 0 Å². The van der Waals surface area contributed by atoms with E-state index in [4.69, 9.17) is 4.42 Å². The van der Waals surface area contributed by atoms with Crippen LogP contribution in [0.3, 0.4) is 0 Å². The molecule has 3 heteroatoms. The lowest BCUT2D eigenvalue weighted by atomic mass is 10.1. The van der Waals surface area contributed by atoms with Crippen LogP contribution < -0.4 is 5.32 Å². The van der Waals surface area contributed by atoms with Crippen molar-refractivity contribution in [3.05, 3.63) is 48.0 Å². The van der Waals surface area contributed by atoms with Gasteiger partial charge in [-0.3, -0.25) is 0 Å². The van der Waals surface area contributed by atoms with Gasteiger partial charge in [0.1, 0.15) is 17.3 Å². The minimum absolute atomic E-state index is 0.224. The number of benzene rings is 1. The van der Waals surface area contributed by atoms with E-state index in [9.17, 15) is 4.39 Å². The summed E-state index contributed by atoms with van der Waals surface area (Å²) in [7, 11) is 0. The van der Waals surface area contributed by atoms with E-state index >= 15 is 0 Å². The van der Waals surface area contributed by atoms with E-state index in [1.54, 1.807) is 12.1 Å². The van der Waals surface area contributed by atoms with Crippen LogP contribution in [0.1, 0.15) is 38.4 Å². The zero-order valence-electron chi connectivity index (χ0n) is 12.4. The third-order valence-corrected chi connectivity index (χ3v) is 4.16. The molecule has 1 aliphatic carbocycles. The second-order valence-corrected chi connectivity index (χ2v) is 5.94. The Kier molecular flexibility index (Phi) is 4.39. The molecule has 1 fully saturated rings.